The molecule has 0 aliphatic carbocycles. The molecule has 6 nitrogen and oxygen atoms in total. The Morgan fingerprint density at radius 2 is 1.71 bits per heavy atom. The van der Waals surface area contributed by atoms with Crippen molar-refractivity contribution in [2.24, 2.45) is 0 Å². The van der Waals surface area contributed by atoms with Crippen molar-refractivity contribution >= 4 is 23.5 Å². The van der Waals surface area contributed by atoms with Crippen LogP contribution in [0.3, 0.4) is 0 Å². The van der Waals surface area contributed by atoms with Gasteiger partial charge in [-0.25, -0.2) is 14.3 Å². The predicted octanol–water partition coefficient (Wildman–Crippen LogP) is 4.33. The average molecular weight is 399 g/mol. The molecule has 0 spiro atoms. The van der Waals surface area contributed by atoms with E-state index in [-0.39, 0.29) is 11.3 Å². The number of aromatic nitrogens is 2. The van der Waals surface area contributed by atoms with E-state index < -0.39 is 11.9 Å². The minimum absolute atomic E-state index is 0.00329. The molecule has 0 amide bonds. The molecular weight excluding hydrogens is 380 g/mol. The SMILES string of the molecule is CCc1cc(-c2nn(-c3ccccc3)c(C(=O)OC)c2C(=O)OC)ccc1Cl. The van der Waals surface area contributed by atoms with E-state index in [1.165, 1.54) is 18.9 Å². The number of esters is 2. The Bertz CT molecular complexity index is 1030. The lowest BCUT2D eigenvalue weighted by atomic mass is 10.0. The highest BCUT2D eigenvalue weighted by Gasteiger charge is 2.31. The van der Waals surface area contributed by atoms with E-state index in [2.05, 4.69) is 5.10 Å². The van der Waals surface area contributed by atoms with Crippen LogP contribution in [0, 0.1) is 0 Å². The van der Waals surface area contributed by atoms with Crippen LogP contribution in [-0.2, 0) is 15.9 Å². The molecule has 1 aromatic heterocycles. The highest BCUT2D eigenvalue weighted by atomic mass is 35.5. The highest BCUT2D eigenvalue weighted by molar-refractivity contribution is 6.31. The third-order valence-corrected chi connectivity index (χ3v) is 4.72. The second-order valence-electron chi connectivity index (χ2n) is 5.96. The Kier molecular flexibility index (Phi) is 5.80. The third-order valence-electron chi connectivity index (χ3n) is 4.35. The maximum absolute atomic E-state index is 12.6. The second kappa shape index (κ2) is 8.27. The summed E-state index contributed by atoms with van der Waals surface area (Å²) in [5, 5.41) is 5.19. The number of benzene rings is 2. The van der Waals surface area contributed by atoms with E-state index in [1.807, 2.05) is 31.2 Å². The molecule has 0 N–H and O–H groups in total. The molecule has 0 atom stereocenters. The zero-order chi connectivity index (χ0) is 20.3. The van der Waals surface area contributed by atoms with Crippen molar-refractivity contribution in [2.75, 3.05) is 14.2 Å². The number of hydrogen-bond acceptors (Lipinski definition) is 5. The number of aryl methyl sites for hydroxylation is 1. The molecule has 0 aliphatic rings. The topological polar surface area (TPSA) is 70.4 Å². The molecule has 3 aromatic rings. The molecule has 28 heavy (non-hydrogen) atoms. The van der Waals surface area contributed by atoms with Gasteiger partial charge in [0.15, 0.2) is 5.69 Å². The molecule has 0 saturated heterocycles. The number of rotatable bonds is 5. The van der Waals surface area contributed by atoms with Crippen LogP contribution in [0.1, 0.15) is 33.3 Å². The van der Waals surface area contributed by atoms with Gasteiger partial charge in [-0.15, -0.1) is 0 Å². The largest absolute Gasteiger partial charge is 0.465 e. The van der Waals surface area contributed by atoms with Gasteiger partial charge in [-0.1, -0.05) is 42.8 Å². The van der Waals surface area contributed by atoms with Crippen molar-refractivity contribution in [3.8, 4) is 16.9 Å². The van der Waals surface area contributed by atoms with Crippen molar-refractivity contribution in [3.63, 3.8) is 0 Å². The first-order valence-corrected chi connectivity index (χ1v) is 9.03. The van der Waals surface area contributed by atoms with Crippen LogP contribution in [-0.4, -0.2) is 35.9 Å². The van der Waals surface area contributed by atoms with Crippen molar-refractivity contribution < 1.29 is 19.1 Å². The molecule has 0 aliphatic heterocycles. The lowest BCUT2D eigenvalue weighted by Gasteiger charge is -2.07. The van der Waals surface area contributed by atoms with Crippen LogP contribution >= 0.6 is 11.6 Å². The second-order valence-corrected chi connectivity index (χ2v) is 6.37. The van der Waals surface area contributed by atoms with E-state index in [1.54, 1.807) is 24.3 Å². The quantitative estimate of drug-likeness (QED) is 0.598. The van der Waals surface area contributed by atoms with Crippen LogP contribution in [0.25, 0.3) is 16.9 Å². The lowest BCUT2D eigenvalue weighted by molar-refractivity contribution is 0.0549. The van der Waals surface area contributed by atoms with Crippen LogP contribution < -0.4 is 0 Å². The molecule has 0 bridgehead atoms. The first-order chi connectivity index (χ1) is 13.5. The van der Waals surface area contributed by atoms with Gasteiger partial charge in [-0.05, 0) is 36.2 Å². The van der Waals surface area contributed by atoms with Gasteiger partial charge in [-0.2, -0.15) is 5.10 Å². The fourth-order valence-electron chi connectivity index (χ4n) is 2.95. The summed E-state index contributed by atoms with van der Waals surface area (Å²) in [5.74, 6) is -1.36. The van der Waals surface area contributed by atoms with Gasteiger partial charge in [0.2, 0.25) is 0 Å². The highest BCUT2D eigenvalue weighted by Crippen LogP contribution is 2.31. The molecule has 1 heterocycles. The van der Waals surface area contributed by atoms with E-state index in [9.17, 15) is 9.59 Å². The van der Waals surface area contributed by atoms with Gasteiger partial charge in [0, 0.05) is 10.6 Å². The number of hydrogen-bond donors (Lipinski definition) is 0. The Morgan fingerprint density at radius 1 is 1.04 bits per heavy atom. The number of para-hydroxylation sites is 1. The van der Waals surface area contributed by atoms with E-state index in [4.69, 9.17) is 21.1 Å². The Labute approximate surface area is 167 Å². The maximum Gasteiger partial charge on any atom is 0.357 e. The van der Waals surface area contributed by atoms with Crippen LogP contribution in [0.4, 0.5) is 0 Å². The molecule has 3 rings (SSSR count). The van der Waals surface area contributed by atoms with Crippen LogP contribution in [0.2, 0.25) is 5.02 Å². The Hall–Kier alpha value is -3.12. The average Bonchev–Trinajstić information content (AvgIpc) is 3.14. The minimum Gasteiger partial charge on any atom is -0.465 e. The smallest absolute Gasteiger partial charge is 0.357 e. The summed E-state index contributed by atoms with van der Waals surface area (Å²) in [6, 6.07) is 14.4. The van der Waals surface area contributed by atoms with Crippen molar-refractivity contribution in [3.05, 3.63) is 70.4 Å². The van der Waals surface area contributed by atoms with Crippen molar-refractivity contribution in [2.45, 2.75) is 13.3 Å². The molecule has 0 saturated carbocycles. The van der Waals surface area contributed by atoms with Gasteiger partial charge < -0.3 is 9.47 Å². The summed E-state index contributed by atoms with van der Waals surface area (Å²) in [6.07, 6.45) is 0.712. The van der Waals surface area contributed by atoms with E-state index in [0.717, 1.165) is 5.56 Å². The summed E-state index contributed by atoms with van der Waals surface area (Å²) >= 11 is 6.23. The van der Waals surface area contributed by atoms with Crippen LogP contribution in [0.15, 0.2) is 48.5 Å². The number of ether oxygens (including phenoxy) is 2. The Morgan fingerprint density at radius 3 is 2.32 bits per heavy atom. The minimum atomic E-state index is -0.687. The zero-order valence-electron chi connectivity index (χ0n) is 15.7. The van der Waals surface area contributed by atoms with Gasteiger partial charge in [0.05, 0.1) is 19.9 Å². The fourth-order valence-corrected chi connectivity index (χ4v) is 3.20. The van der Waals surface area contributed by atoms with Crippen molar-refractivity contribution in [1.82, 2.24) is 9.78 Å². The molecule has 0 fully saturated rings. The van der Waals surface area contributed by atoms with Gasteiger partial charge >= 0.3 is 11.9 Å². The Balaban J connectivity index is 2.35. The monoisotopic (exact) mass is 398 g/mol. The first kappa shape index (κ1) is 19.6. The molecule has 7 heteroatoms. The molecule has 0 unspecified atom stereocenters. The summed E-state index contributed by atoms with van der Waals surface area (Å²) in [5.41, 5.74) is 2.54. The normalized spacial score (nSPS) is 10.6. The maximum atomic E-state index is 12.6. The number of halogens is 1. The molecular formula is C21H19ClN2O4. The molecule has 2 aromatic carbocycles. The van der Waals surface area contributed by atoms with Gasteiger partial charge in [0.1, 0.15) is 11.3 Å². The number of methoxy groups -OCH3 is 2. The summed E-state index contributed by atoms with van der Waals surface area (Å²) < 4.78 is 11.3. The summed E-state index contributed by atoms with van der Waals surface area (Å²) in [4.78, 5) is 25.2. The zero-order valence-corrected chi connectivity index (χ0v) is 16.5. The fraction of sp³-hybridized carbons (Fsp3) is 0.190. The standard InChI is InChI=1S/C21H19ClN2O4/c1-4-13-12-14(10-11-16(13)22)18-17(20(25)27-2)19(21(26)28-3)24(23-18)15-8-6-5-7-9-15/h5-12H,4H2,1-3H3. The first-order valence-electron chi connectivity index (χ1n) is 8.65. The van der Waals surface area contributed by atoms with Crippen LogP contribution in [0.5, 0.6) is 0 Å². The molecule has 0 radical (unpaired) electrons. The lowest BCUT2D eigenvalue weighted by Crippen LogP contribution is -2.15. The van der Waals surface area contributed by atoms with E-state index >= 15 is 0 Å². The number of nitrogens with zero attached hydrogens (tertiary/aromatic N) is 2. The molecule has 144 valence electrons. The number of carbonyl (C=O) groups excluding carboxylic acids is 2. The number of carbonyl (C=O) groups is 2. The van der Waals surface area contributed by atoms with Gasteiger partial charge in [-0.3, -0.25) is 0 Å². The summed E-state index contributed by atoms with van der Waals surface area (Å²) in [7, 11) is 2.51. The summed E-state index contributed by atoms with van der Waals surface area (Å²) in [6.45, 7) is 1.98. The predicted molar refractivity (Wildman–Crippen MR) is 106 cm³/mol. The van der Waals surface area contributed by atoms with E-state index in [0.29, 0.717) is 28.4 Å². The third kappa shape index (κ3) is 3.51. The van der Waals surface area contributed by atoms with Crippen molar-refractivity contribution in [1.29, 1.82) is 0 Å². The van der Waals surface area contributed by atoms with Gasteiger partial charge in [0.25, 0.3) is 0 Å².